The normalized spacial score (nSPS) is 14.3. The van der Waals surface area contributed by atoms with Crippen molar-refractivity contribution in [2.24, 2.45) is 11.8 Å². The van der Waals surface area contributed by atoms with Crippen LogP contribution in [0.15, 0.2) is 42.5 Å². The van der Waals surface area contributed by atoms with Gasteiger partial charge in [-0.25, -0.2) is 0 Å². The van der Waals surface area contributed by atoms with E-state index >= 15 is 0 Å². The summed E-state index contributed by atoms with van der Waals surface area (Å²) in [5.41, 5.74) is 5.00. The van der Waals surface area contributed by atoms with Crippen LogP contribution in [-0.4, -0.2) is 47.0 Å². The van der Waals surface area contributed by atoms with Crippen molar-refractivity contribution in [1.29, 1.82) is 0 Å². The lowest BCUT2D eigenvalue weighted by molar-refractivity contribution is -0.139. The minimum atomic E-state index is -1.22. The molecule has 0 saturated heterocycles. The van der Waals surface area contributed by atoms with E-state index in [1.54, 1.807) is 6.07 Å². The quantitative estimate of drug-likeness (QED) is 0.364. The van der Waals surface area contributed by atoms with Gasteiger partial charge in [0.25, 0.3) is 5.91 Å². The molecule has 3 atom stereocenters. The van der Waals surface area contributed by atoms with Crippen molar-refractivity contribution in [3.05, 3.63) is 59.2 Å². The van der Waals surface area contributed by atoms with Gasteiger partial charge in [0.1, 0.15) is 6.29 Å². The van der Waals surface area contributed by atoms with Crippen molar-refractivity contribution in [1.82, 2.24) is 10.6 Å². The summed E-state index contributed by atoms with van der Waals surface area (Å²) in [5.74, 6) is -3.50. The fourth-order valence-electron chi connectivity index (χ4n) is 4.30. The van der Waals surface area contributed by atoms with Crippen LogP contribution < -0.4 is 10.6 Å². The predicted octanol–water partition coefficient (Wildman–Crippen LogP) is 2.77. The lowest BCUT2D eigenvalue weighted by Crippen LogP contribution is -2.46. The molecule has 0 spiro atoms. The van der Waals surface area contributed by atoms with E-state index in [1.807, 2.05) is 38.1 Å². The molecule has 2 aromatic rings. The predicted molar refractivity (Wildman–Crippen MR) is 130 cm³/mol. The highest BCUT2D eigenvalue weighted by Gasteiger charge is 2.29. The molecule has 1 aliphatic rings. The van der Waals surface area contributed by atoms with Gasteiger partial charge in [-0.1, -0.05) is 51.1 Å². The molecule has 1 aliphatic carbocycles. The maximum atomic E-state index is 13.0. The summed E-state index contributed by atoms with van der Waals surface area (Å²) in [5, 5.41) is 14.0. The topological polar surface area (TPSA) is 130 Å². The van der Waals surface area contributed by atoms with E-state index < -0.39 is 36.3 Å². The van der Waals surface area contributed by atoms with Crippen molar-refractivity contribution in [2.45, 2.75) is 52.1 Å². The third-order valence-electron chi connectivity index (χ3n) is 6.20. The summed E-state index contributed by atoms with van der Waals surface area (Å²) in [6.45, 7) is 5.14. The molecule has 0 fully saturated rings. The first-order valence-electron chi connectivity index (χ1n) is 11.6. The van der Waals surface area contributed by atoms with Crippen molar-refractivity contribution in [3.8, 4) is 11.1 Å². The second-order valence-electron chi connectivity index (χ2n) is 9.32. The van der Waals surface area contributed by atoms with Gasteiger partial charge < -0.3 is 20.5 Å². The Kier molecular flexibility index (Phi) is 8.17. The molecule has 8 heteroatoms. The highest BCUT2D eigenvalue weighted by Crippen LogP contribution is 2.36. The van der Waals surface area contributed by atoms with E-state index in [0.717, 1.165) is 23.1 Å². The fraction of sp³-hybridized carbons (Fsp3) is 0.370. The molecule has 2 aromatic carbocycles. The fourth-order valence-corrected chi connectivity index (χ4v) is 4.30. The number of carbonyl (C=O) groups excluding carboxylic acids is 4. The number of benzene rings is 2. The molecule has 0 bridgehead atoms. The standard InChI is InChI=1S/C27H30N2O6/c1-15(2)25(23(31)10-16(3)26(34)28-20(14-30)13-24(32)33)29-27(35)18-8-9-22-19(12-18)11-17-6-4-5-7-21(17)22/h4-9,12,14-16,20,25H,10-11,13H2,1-3H3,(H,28,34)(H,29,35)(H,32,33)/t16?,20-,25-/m0/s1. The second kappa shape index (κ2) is 11.1. The molecule has 3 rings (SSSR count). The Labute approximate surface area is 204 Å². The zero-order valence-electron chi connectivity index (χ0n) is 20.0. The van der Waals surface area contributed by atoms with Crippen LogP contribution in [-0.2, 0) is 25.6 Å². The Hall–Kier alpha value is -3.81. The van der Waals surface area contributed by atoms with E-state index in [4.69, 9.17) is 5.11 Å². The monoisotopic (exact) mass is 478 g/mol. The van der Waals surface area contributed by atoms with Gasteiger partial charge in [0.15, 0.2) is 5.78 Å². The van der Waals surface area contributed by atoms with Crippen LogP contribution in [0.4, 0.5) is 0 Å². The van der Waals surface area contributed by atoms with E-state index in [-0.39, 0.29) is 24.0 Å². The Morgan fingerprint density at radius 1 is 0.943 bits per heavy atom. The number of hydrogen-bond donors (Lipinski definition) is 3. The summed E-state index contributed by atoms with van der Waals surface area (Å²) in [6, 6.07) is 11.7. The molecule has 35 heavy (non-hydrogen) atoms. The van der Waals surface area contributed by atoms with Crippen molar-refractivity contribution in [3.63, 3.8) is 0 Å². The van der Waals surface area contributed by atoms with Crippen LogP contribution in [0.3, 0.4) is 0 Å². The van der Waals surface area contributed by atoms with Gasteiger partial charge in [0.2, 0.25) is 5.91 Å². The highest BCUT2D eigenvalue weighted by molar-refractivity contribution is 5.99. The second-order valence-corrected chi connectivity index (χ2v) is 9.32. The van der Waals surface area contributed by atoms with E-state index in [2.05, 4.69) is 22.8 Å². The number of carboxylic acids is 1. The number of carboxylic acid groups (broad SMARTS) is 1. The molecule has 0 radical (unpaired) electrons. The number of hydrogen-bond acceptors (Lipinski definition) is 5. The molecule has 8 nitrogen and oxygen atoms in total. The van der Waals surface area contributed by atoms with Crippen LogP contribution in [0, 0.1) is 11.8 Å². The summed E-state index contributed by atoms with van der Waals surface area (Å²) >= 11 is 0. The van der Waals surface area contributed by atoms with Gasteiger partial charge in [0.05, 0.1) is 18.5 Å². The summed E-state index contributed by atoms with van der Waals surface area (Å²) < 4.78 is 0. The van der Waals surface area contributed by atoms with Gasteiger partial charge in [-0.15, -0.1) is 0 Å². The van der Waals surface area contributed by atoms with E-state index in [9.17, 15) is 24.0 Å². The number of ketones is 1. The molecular weight excluding hydrogens is 448 g/mol. The molecule has 0 aromatic heterocycles. The lowest BCUT2D eigenvalue weighted by atomic mass is 9.92. The maximum absolute atomic E-state index is 13.0. The average molecular weight is 479 g/mol. The first-order valence-corrected chi connectivity index (χ1v) is 11.6. The molecule has 0 aliphatic heterocycles. The number of rotatable bonds is 11. The highest BCUT2D eigenvalue weighted by atomic mass is 16.4. The minimum absolute atomic E-state index is 0.160. The molecule has 184 valence electrons. The number of Topliss-reactive ketones (excluding diaryl/α,β-unsaturated/α-hetero) is 1. The number of fused-ring (bicyclic) bond motifs is 3. The summed E-state index contributed by atoms with van der Waals surface area (Å²) in [6.07, 6.45) is 0.405. The largest absolute Gasteiger partial charge is 0.481 e. The van der Waals surface area contributed by atoms with Gasteiger partial charge in [-0.2, -0.15) is 0 Å². The van der Waals surface area contributed by atoms with Gasteiger partial charge in [-0.3, -0.25) is 19.2 Å². The van der Waals surface area contributed by atoms with Gasteiger partial charge in [-0.05, 0) is 46.7 Å². The molecule has 2 amide bonds. The van der Waals surface area contributed by atoms with Crippen LogP contribution in [0.5, 0.6) is 0 Å². The first kappa shape index (κ1) is 25.8. The number of amides is 2. The Morgan fingerprint density at radius 2 is 1.63 bits per heavy atom. The zero-order valence-corrected chi connectivity index (χ0v) is 20.0. The number of aldehydes is 1. The van der Waals surface area contributed by atoms with Crippen molar-refractivity contribution < 1.29 is 29.1 Å². The maximum Gasteiger partial charge on any atom is 0.305 e. The minimum Gasteiger partial charge on any atom is -0.481 e. The molecule has 0 heterocycles. The third kappa shape index (κ3) is 6.20. The smallest absolute Gasteiger partial charge is 0.305 e. The van der Waals surface area contributed by atoms with E-state index in [0.29, 0.717) is 11.8 Å². The van der Waals surface area contributed by atoms with Crippen LogP contribution in [0.25, 0.3) is 11.1 Å². The zero-order chi connectivity index (χ0) is 25.7. The van der Waals surface area contributed by atoms with Crippen LogP contribution in [0.2, 0.25) is 0 Å². The van der Waals surface area contributed by atoms with Gasteiger partial charge in [0, 0.05) is 17.9 Å². The van der Waals surface area contributed by atoms with Crippen LogP contribution >= 0.6 is 0 Å². The van der Waals surface area contributed by atoms with Gasteiger partial charge >= 0.3 is 5.97 Å². The molecular formula is C27H30N2O6. The number of carbonyl (C=O) groups is 5. The summed E-state index contributed by atoms with van der Waals surface area (Å²) in [4.78, 5) is 60.2. The van der Waals surface area contributed by atoms with Crippen molar-refractivity contribution >= 4 is 29.9 Å². The Bertz CT molecular complexity index is 1160. The van der Waals surface area contributed by atoms with Crippen molar-refractivity contribution in [2.75, 3.05) is 0 Å². The Balaban J connectivity index is 1.64. The third-order valence-corrected chi connectivity index (χ3v) is 6.20. The average Bonchev–Trinajstić information content (AvgIpc) is 3.18. The SMILES string of the molecule is CC(CC(=O)[C@@H](NC(=O)c1ccc2c(c1)Cc1ccccc1-2)C(C)C)C(=O)N[C@H](C=O)CC(=O)O. The van der Waals surface area contributed by atoms with Crippen LogP contribution in [0.1, 0.15) is 55.1 Å². The molecule has 1 unspecified atom stereocenters. The Morgan fingerprint density at radius 3 is 2.29 bits per heavy atom. The molecule has 0 saturated carbocycles. The molecule has 3 N–H and O–H groups in total. The number of aliphatic carboxylic acids is 1. The lowest BCUT2D eigenvalue weighted by Gasteiger charge is -2.23. The van der Waals surface area contributed by atoms with E-state index in [1.165, 1.54) is 12.5 Å². The number of nitrogens with one attached hydrogen (secondary N) is 2. The first-order chi connectivity index (χ1) is 16.6. The summed E-state index contributed by atoms with van der Waals surface area (Å²) in [7, 11) is 0.